The Morgan fingerprint density at radius 3 is 2.64 bits per heavy atom. The molecule has 148 valence electrons. The zero-order valence-corrected chi connectivity index (χ0v) is 17.5. The van der Waals surface area contributed by atoms with E-state index in [1.165, 1.54) is 5.56 Å². The van der Waals surface area contributed by atoms with E-state index in [2.05, 4.69) is 40.0 Å². The predicted octanol–water partition coefficient (Wildman–Crippen LogP) is 3.83. The normalized spacial score (nSPS) is 11.6. The molecule has 2 aromatic heterocycles. The number of benzene rings is 1. The summed E-state index contributed by atoms with van der Waals surface area (Å²) in [7, 11) is 1.89. The molecule has 8 heteroatoms. The molecule has 2 N–H and O–H groups in total. The molecule has 0 saturated heterocycles. The van der Waals surface area contributed by atoms with Gasteiger partial charge < -0.3 is 15.2 Å². The highest BCUT2D eigenvalue weighted by molar-refractivity contribution is 6.41. The van der Waals surface area contributed by atoms with E-state index in [0.717, 1.165) is 30.3 Å². The molecular weight excluding hydrogens is 395 g/mol. The molecule has 3 aromatic rings. The van der Waals surface area contributed by atoms with Crippen molar-refractivity contribution in [3.05, 3.63) is 75.8 Å². The van der Waals surface area contributed by atoms with Gasteiger partial charge in [-0.05, 0) is 30.2 Å². The van der Waals surface area contributed by atoms with Crippen molar-refractivity contribution in [2.24, 2.45) is 12.0 Å². The van der Waals surface area contributed by atoms with Gasteiger partial charge >= 0.3 is 0 Å². The van der Waals surface area contributed by atoms with E-state index in [0.29, 0.717) is 23.3 Å². The van der Waals surface area contributed by atoms with Crippen LogP contribution in [0.15, 0.2) is 53.8 Å². The Hall–Kier alpha value is -2.44. The molecule has 0 unspecified atom stereocenters. The van der Waals surface area contributed by atoms with Crippen LogP contribution in [-0.4, -0.2) is 26.9 Å². The molecule has 28 heavy (non-hydrogen) atoms. The van der Waals surface area contributed by atoms with Gasteiger partial charge in [0, 0.05) is 31.7 Å². The summed E-state index contributed by atoms with van der Waals surface area (Å²) in [5.74, 6) is 0.744. The fourth-order valence-electron chi connectivity index (χ4n) is 2.85. The Morgan fingerprint density at radius 2 is 1.96 bits per heavy atom. The van der Waals surface area contributed by atoms with Crippen molar-refractivity contribution >= 4 is 29.2 Å². The first kappa shape index (κ1) is 20.3. The molecule has 0 aliphatic heterocycles. The van der Waals surface area contributed by atoms with Gasteiger partial charge in [0.1, 0.15) is 5.15 Å². The summed E-state index contributed by atoms with van der Waals surface area (Å²) in [6.45, 7) is 4.72. The summed E-state index contributed by atoms with van der Waals surface area (Å²) >= 11 is 12.2. The van der Waals surface area contributed by atoms with E-state index >= 15 is 0 Å². The molecule has 0 fully saturated rings. The first-order valence-corrected chi connectivity index (χ1v) is 9.89. The van der Waals surface area contributed by atoms with Crippen molar-refractivity contribution in [1.29, 1.82) is 0 Å². The van der Waals surface area contributed by atoms with E-state index in [-0.39, 0.29) is 0 Å². The summed E-state index contributed by atoms with van der Waals surface area (Å²) in [6, 6.07) is 12.2. The van der Waals surface area contributed by atoms with Crippen LogP contribution >= 0.6 is 23.2 Å². The number of aliphatic imine (C=N–C) groups is 1. The third kappa shape index (κ3) is 5.30. The summed E-state index contributed by atoms with van der Waals surface area (Å²) in [4.78, 5) is 4.69. The minimum atomic E-state index is 0.536. The van der Waals surface area contributed by atoms with Crippen molar-refractivity contribution < 1.29 is 0 Å². The van der Waals surface area contributed by atoms with Gasteiger partial charge in [-0.3, -0.25) is 4.68 Å². The van der Waals surface area contributed by atoms with Crippen molar-refractivity contribution in [2.75, 3.05) is 6.54 Å². The fourth-order valence-corrected chi connectivity index (χ4v) is 3.27. The molecule has 2 heterocycles. The number of hydrogen-bond acceptors (Lipinski definition) is 2. The van der Waals surface area contributed by atoms with E-state index in [1.54, 1.807) is 6.20 Å². The van der Waals surface area contributed by atoms with Gasteiger partial charge in [0.15, 0.2) is 5.96 Å². The summed E-state index contributed by atoms with van der Waals surface area (Å²) < 4.78 is 3.77. The molecule has 0 radical (unpaired) electrons. The number of halogens is 2. The minimum Gasteiger partial charge on any atom is -0.357 e. The van der Waals surface area contributed by atoms with Crippen LogP contribution in [0.25, 0.3) is 0 Å². The zero-order chi connectivity index (χ0) is 19.9. The van der Waals surface area contributed by atoms with Crippen LogP contribution in [0.5, 0.6) is 0 Å². The average Bonchev–Trinajstić information content (AvgIpc) is 3.28. The Kier molecular flexibility index (Phi) is 7.01. The van der Waals surface area contributed by atoms with Crippen LogP contribution in [0.2, 0.25) is 10.2 Å². The van der Waals surface area contributed by atoms with Gasteiger partial charge in [-0.1, -0.05) is 47.5 Å². The molecule has 0 aliphatic rings. The molecule has 0 aliphatic carbocycles. The predicted molar refractivity (Wildman–Crippen MR) is 115 cm³/mol. The van der Waals surface area contributed by atoms with E-state index < -0.39 is 0 Å². The molecular formula is C20H24Cl2N6. The number of nitrogens with one attached hydrogen (secondary N) is 2. The lowest BCUT2D eigenvalue weighted by atomic mass is 10.1. The van der Waals surface area contributed by atoms with Gasteiger partial charge in [-0.25, -0.2) is 4.99 Å². The number of hydrogen-bond donors (Lipinski definition) is 2. The van der Waals surface area contributed by atoms with Crippen molar-refractivity contribution in [3.63, 3.8) is 0 Å². The highest BCUT2D eigenvalue weighted by atomic mass is 35.5. The second kappa shape index (κ2) is 9.66. The molecule has 0 saturated carbocycles. The Bertz CT molecular complexity index is 930. The summed E-state index contributed by atoms with van der Waals surface area (Å²) in [6.07, 6.45) is 3.75. The van der Waals surface area contributed by atoms with Crippen molar-refractivity contribution in [1.82, 2.24) is 25.0 Å². The minimum absolute atomic E-state index is 0.536. The van der Waals surface area contributed by atoms with Crippen LogP contribution < -0.4 is 10.6 Å². The Morgan fingerprint density at radius 1 is 1.14 bits per heavy atom. The van der Waals surface area contributed by atoms with Gasteiger partial charge in [0.2, 0.25) is 0 Å². The average molecular weight is 419 g/mol. The van der Waals surface area contributed by atoms with Crippen LogP contribution in [0.3, 0.4) is 0 Å². The lowest BCUT2D eigenvalue weighted by molar-refractivity contribution is 0.686. The zero-order valence-electron chi connectivity index (χ0n) is 16.0. The lowest BCUT2D eigenvalue weighted by Crippen LogP contribution is -2.37. The third-order valence-electron chi connectivity index (χ3n) is 4.31. The quantitative estimate of drug-likeness (QED) is 0.452. The molecule has 3 rings (SSSR count). The van der Waals surface area contributed by atoms with Crippen LogP contribution in [-0.2, 0) is 26.7 Å². The largest absolute Gasteiger partial charge is 0.357 e. The second-order valence-electron chi connectivity index (χ2n) is 6.41. The van der Waals surface area contributed by atoms with Crippen LogP contribution in [0, 0.1) is 0 Å². The highest BCUT2D eigenvalue weighted by Crippen LogP contribution is 2.24. The Labute approximate surface area is 175 Å². The molecule has 0 bridgehead atoms. The SMILES string of the molecule is CCNC(=NCc1cccc(Cn2cccn2)c1)NCc1cc(Cl)c(Cl)n1C. The maximum atomic E-state index is 6.13. The summed E-state index contributed by atoms with van der Waals surface area (Å²) in [5, 5.41) is 11.9. The molecule has 0 spiro atoms. The maximum absolute atomic E-state index is 6.13. The second-order valence-corrected chi connectivity index (χ2v) is 7.17. The maximum Gasteiger partial charge on any atom is 0.191 e. The van der Waals surface area contributed by atoms with E-state index in [1.807, 2.05) is 41.5 Å². The third-order valence-corrected chi connectivity index (χ3v) is 5.15. The smallest absolute Gasteiger partial charge is 0.191 e. The van der Waals surface area contributed by atoms with Crippen LogP contribution in [0.4, 0.5) is 0 Å². The number of nitrogens with zero attached hydrogens (tertiary/aromatic N) is 4. The van der Waals surface area contributed by atoms with Gasteiger partial charge in [0.25, 0.3) is 0 Å². The van der Waals surface area contributed by atoms with Crippen molar-refractivity contribution in [3.8, 4) is 0 Å². The molecule has 0 atom stereocenters. The monoisotopic (exact) mass is 418 g/mol. The van der Waals surface area contributed by atoms with Crippen molar-refractivity contribution in [2.45, 2.75) is 26.6 Å². The molecule has 0 amide bonds. The number of rotatable bonds is 7. The van der Waals surface area contributed by atoms with Gasteiger partial charge in [-0.2, -0.15) is 5.10 Å². The van der Waals surface area contributed by atoms with E-state index in [9.17, 15) is 0 Å². The molecule has 1 aromatic carbocycles. The number of aromatic nitrogens is 3. The highest BCUT2D eigenvalue weighted by Gasteiger charge is 2.09. The standard InChI is InChI=1S/C20H24Cl2N6/c1-3-23-20(25-13-17-11-18(21)19(22)27(17)2)24-12-15-6-4-7-16(10-15)14-28-9-5-8-26-28/h4-11H,3,12-14H2,1-2H3,(H2,23,24,25). The molecule has 6 nitrogen and oxygen atoms in total. The van der Waals surface area contributed by atoms with E-state index in [4.69, 9.17) is 28.2 Å². The van der Waals surface area contributed by atoms with Crippen LogP contribution in [0.1, 0.15) is 23.7 Å². The topological polar surface area (TPSA) is 59.2 Å². The first-order chi connectivity index (χ1) is 13.6. The first-order valence-electron chi connectivity index (χ1n) is 9.14. The van der Waals surface area contributed by atoms with Gasteiger partial charge in [-0.15, -0.1) is 0 Å². The van der Waals surface area contributed by atoms with Gasteiger partial charge in [0.05, 0.1) is 24.7 Å². The fraction of sp³-hybridized carbons (Fsp3) is 0.300. The summed E-state index contributed by atoms with van der Waals surface area (Å²) in [5.41, 5.74) is 3.33. The number of guanidine groups is 1. The lowest BCUT2D eigenvalue weighted by Gasteiger charge is -2.12. The Balaban J connectivity index is 1.64.